The molecule has 0 aromatic rings. The highest BCUT2D eigenvalue weighted by molar-refractivity contribution is 5.70. The Hall–Kier alpha value is -0.610. The van der Waals surface area contributed by atoms with E-state index in [0.29, 0.717) is 19.4 Å². The average Bonchev–Trinajstić information content (AvgIpc) is 2.17. The van der Waals surface area contributed by atoms with Crippen molar-refractivity contribution in [2.75, 3.05) is 19.6 Å². The van der Waals surface area contributed by atoms with Crippen LogP contribution in [0.1, 0.15) is 33.6 Å². The van der Waals surface area contributed by atoms with Crippen LogP contribution < -0.4 is 0 Å². The molecule has 0 aliphatic carbocycles. The van der Waals surface area contributed by atoms with E-state index in [1.165, 1.54) is 0 Å². The van der Waals surface area contributed by atoms with Crippen LogP contribution in [0.2, 0.25) is 0 Å². The number of nitrogens with zero attached hydrogens (tertiary/aromatic N) is 1. The van der Waals surface area contributed by atoms with Crippen LogP contribution >= 0.6 is 0 Å². The van der Waals surface area contributed by atoms with E-state index in [-0.39, 0.29) is 11.8 Å². The number of carboxylic acids is 1. The van der Waals surface area contributed by atoms with Gasteiger partial charge in [0.2, 0.25) is 0 Å². The number of rotatable bonds is 4. The summed E-state index contributed by atoms with van der Waals surface area (Å²) in [5.41, 5.74) is -0.684. The van der Waals surface area contributed by atoms with Crippen LogP contribution in [0, 0.1) is 11.8 Å². The molecule has 0 aromatic carbocycles. The van der Waals surface area contributed by atoms with Crippen molar-refractivity contribution in [3.05, 3.63) is 0 Å². The number of piperidine rings is 1. The van der Waals surface area contributed by atoms with Crippen LogP contribution in [-0.4, -0.2) is 46.3 Å². The molecule has 1 aliphatic heterocycles. The molecule has 1 unspecified atom stereocenters. The van der Waals surface area contributed by atoms with E-state index < -0.39 is 11.6 Å². The molecular formula is C12H23NO3. The molecule has 0 amide bonds. The van der Waals surface area contributed by atoms with Gasteiger partial charge in [-0.15, -0.1) is 0 Å². The summed E-state index contributed by atoms with van der Waals surface area (Å²) < 4.78 is 0. The second-order valence-corrected chi connectivity index (χ2v) is 5.40. The second kappa shape index (κ2) is 5.15. The predicted octanol–water partition coefficient (Wildman–Crippen LogP) is 1.19. The van der Waals surface area contributed by atoms with Crippen LogP contribution in [-0.2, 0) is 4.79 Å². The van der Waals surface area contributed by atoms with Gasteiger partial charge in [-0.3, -0.25) is 4.79 Å². The van der Waals surface area contributed by atoms with Crippen LogP contribution in [0.15, 0.2) is 0 Å². The van der Waals surface area contributed by atoms with Gasteiger partial charge >= 0.3 is 5.97 Å². The van der Waals surface area contributed by atoms with Crippen molar-refractivity contribution in [2.45, 2.75) is 39.2 Å². The Kier molecular flexibility index (Phi) is 4.33. The first kappa shape index (κ1) is 13.5. The van der Waals surface area contributed by atoms with Crippen molar-refractivity contribution in [1.82, 2.24) is 4.90 Å². The van der Waals surface area contributed by atoms with Crippen molar-refractivity contribution in [3.8, 4) is 0 Å². The highest BCUT2D eigenvalue weighted by Crippen LogP contribution is 2.22. The molecule has 0 saturated carbocycles. The molecule has 16 heavy (non-hydrogen) atoms. The Morgan fingerprint density at radius 1 is 1.44 bits per heavy atom. The molecule has 2 N–H and O–H groups in total. The third-order valence-corrected chi connectivity index (χ3v) is 3.72. The lowest BCUT2D eigenvalue weighted by Crippen LogP contribution is -2.47. The highest BCUT2D eigenvalue weighted by Gasteiger charge is 2.31. The summed E-state index contributed by atoms with van der Waals surface area (Å²) in [4.78, 5) is 13.0. The van der Waals surface area contributed by atoms with Crippen LogP contribution in [0.3, 0.4) is 0 Å². The number of carboxylic acid groups (broad SMARTS) is 1. The summed E-state index contributed by atoms with van der Waals surface area (Å²) in [6.07, 6.45) is 1.40. The van der Waals surface area contributed by atoms with Crippen LogP contribution in [0.25, 0.3) is 0 Å². The molecule has 1 atom stereocenters. The van der Waals surface area contributed by atoms with Gasteiger partial charge in [0.15, 0.2) is 0 Å². The molecule has 1 rings (SSSR count). The van der Waals surface area contributed by atoms with E-state index in [1.807, 2.05) is 20.8 Å². The molecular weight excluding hydrogens is 206 g/mol. The second-order valence-electron chi connectivity index (χ2n) is 5.40. The molecule has 1 fully saturated rings. The fraction of sp³-hybridized carbons (Fsp3) is 0.917. The third-order valence-electron chi connectivity index (χ3n) is 3.72. The fourth-order valence-corrected chi connectivity index (χ4v) is 1.97. The minimum Gasteiger partial charge on any atom is -0.481 e. The molecule has 0 aromatic heterocycles. The monoisotopic (exact) mass is 229 g/mol. The van der Waals surface area contributed by atoms with Gasteiger partial charge in [-0.2, -0.15) is 0 Å². The quantitative estimate of drug-likeness (QED) is 0.760. The van der Waals surface area contributed by atoms with Crippen molar-refractivity contribution in [1.29, 1.82) is 0 Å². The average molecular weight is 229 g/mol. The first-order valence-corrected chi connectivity index (χ1v) is 6.00. The lowest BCUT2D eigenvalue weighted by molar-refractivity contribution is -0.143. The Bertz CT molecular complexity index is 243. The van der Waals surface area contributed by atoms with E-state index in [0.717, 1.165) is 13.1 Å². The maximum absolute atomic E-state index is 10.8. The lowest BCUT2D eigenvalue weighted by Gasteiger charge is -2.37. The van der Waals surface area contributed by atoms with Gasteiger partial charge in [0.25, 0.3) is 0 Å². The largest absolute Gasteiger partial charge is 0.481 e. The zero-order valence-corrected chi connectivity index (χ0v) is 10.4. The summed E-state index contributed by atoms with van der Waals surface area (Å²) in [6, 6.07) is 0. The summed E-state index contributed by atoms with van der Waals surface area (Å²) in [5.74, 6) is -0.666. The van der Waals surface area contributed by atoms with E-state index in [2.05, 4.69) is 4.90 Å². The normalized spacial score (nSPS) is 23.3. The molecule has 0 spiro atoms. The van der Waals surface area contributed by atoms with Crippen molar-refractivity contribution >= 4 is 5.97 Å². The number of likely N-dealkylation sites (tertiary alicyclic amines) is 1. The SMILES string of the molecule is CC(C)C(C)(O)CN1CCC(C(=O)O)CC1. The van der Waals surface area contributed by atoms with Gasteiger partial charge in [-0.05, 0) is 38.8 Å². The molecule has 0 bridgehead atoms. The molecule has 94 valence electrons. The van der Waals surface area contributed by atoms with Crippen molar-refractivity contribution in [2.24, 2.45) is 11.8 Å². The van der Waals surface area contributed by atoms with E-state index in [1.54, 1.807) is 0 Å². The molecule has 4 heteroatoms. The van der Waals surface area contributed by atoms with Gasteiger partial charge in [0.05, 0.1) is 11.5 Å². The van der Waals surface area contributed by atoms with Gasteiger partial charge in [-0.25, -0.2) is 0 Å². The van der Waals surface area contributed by atoms with Gasteiger partial charge in [0, 0.05) is 6.54 Å². The van der Waals surface area contributed by atoms with Gasteiger partial charge in [0.1, 0.15) is 0 Å². The number of aliphatic carboxylic acids is 1. The van der Waals surface area contributed by atoms with Crippen molar-refractivity contribution < 1.29 is 15.0 Å². The van der Waals surface area contributed by atoms with Crippen molar-refractivity contribution in [3.63, 3.8) is 0 Å². The van der Waals surface area contributed by atoms with E-state index in [9.17, 15) is 9.90 Å². The zero-order chi connectivity index (χ0) is 12.3. The summed E-state index contributed by atoms with van der Waals surface area (Å²) >= 11 is 0. The Labute approximate surface area is 97.3 Å². The molecule has 4 nitrogen and oxygen atoms in total. The zero-order valence-electron chi connectivity index (χ0n) is 10.4. The number of aliphatic hydroxyl groups is 1. The molecule has 1 saturated heterocycles. The Balaban J connectivity index is 2.40. The van der Waals surface area contributed by atoms with E-state index in [4.69, 9.17) is 5.11 Å². The summed E-state index contributed by atoms with van der Waals surface area (Å²) in [6.45, 7) is 8.05. The first-order valence-electron chi connectivity index (χ1n) is 6.00. The molecule has 0 radical (unpaired) electrons. The number of carbonyl (C=O) groups is 1. The highest BCUT2D eigenvalue weighted by atomic mass is 16.4. The third kappa shape index (κ3) is 3.46. The minimum atomic E-state index is -0.685. The predicted molar refractivity (Wildman–Crippen MR) is 62.3 cm³/mol. The Morgan fingerprint density at radius 3 is 2.31 bits per heavy atom. The molecule has 1 aliphatic rings. The number of hydrogen-bond donors (Lipinski definition) is 2. The van der Waals surface area contributed by atoms with Crippen LogP contribution in [0.5, 0.6) is 0 Å². The maximum atomic E-state index is 10.8. The fourth-order valence-electron chi connectivity index (χ4n) is 1.97. The van der Waals surface area contributed by atoms with Crippen LogP contribution in [0.4, 0.5) is 0 Å². The summed E-state index contributed by atoms with van der Waals surface area (Å²) in [5, 5.41) is 19.0. The van der Waals surface area contributed by atoms with Gasteiger partial charge < -0.3 is 15.1 Å². The Morgan fingerprint density at radius 2 is 1.94 bits per heavy atom. The summed E-state index contributed by atoms with van der Waals surface area (Å²) in [7, 11) is 0. The number of β-amino-alcohol motifs (C(OH)–C–C–N with tert-alkyl or cyclic N) is 1. The van der Waals surface area contributed by atoms with Gasteiger partial charge in [-0.1, -0.05) is 13.8 Å². The number of hydrogen-bond acceptors (Lipinski definition) is 3. The maximum Gasteiger partial charge on any atom is 0.306 e. The lowest BCUT2D eigenvalue weighted by atomic mass is 9.90. The van der Waals surface area contributed by atoms with E-state index >= 15 is 0 Å². The minimum absolute atomic E-state index is 0.194. The smallest absolute Gasteiger partial charge is 0.306 e. The standard InChI is InChI=1S/C12H23NO3/c1-9(2)12(3,16)8-13-6-4-10(5-7-13)11(14)15/h9-10,16H,4-8H2,1-3H3,(H,14,15). The first-order chi connectivity index (χ1) is 7.33. The molecule has 1 heterocycles. The topological polar surface area (TPSA) is 60.8 Å².